The molecular weight excluding hydrogens is 264 g/mol. The smallest absolute Gasteiger partial charge is 0.320 e. The Morgan fingerprint density at radius 2 is 1.60 bits per heavy atom. The standard InChI is InChI=1S/C14H26O6/c1-4-7-8-18-10-11(15)9-12(13(16)19-5-2)14(17)20-6-3/h11-12,15H,4-10H2,1-3H3. The summed E-state index contributed by atoms with van der Waals surface area (Å²) in [6.07, 6.45) is 0.964. The molecule has 0 aliphatic rings. The second-order valence-electron chi connectivity index (χ2n) is 4.37. The normalized spacial score (nSPS) is 12.2. The fraction of sp³-hybridized carbons (Fsp3) is 0.857. The molecule has 0 heterocycles. The van der Waals surface area contributed by atoms with Crippen molar-refractivity contribution in [2.24, 2.45) is 5.92 Å². The molecule has 0 fully saturated rings. The topological polar surface area (TPSA) is 82.1 Å². The van der Waals surface area contributed by atoms with E-state index in [0.717, 1.165) is 12.8 Å². The van der Waals surface area contributed by atoms with E-state index in [1.807, 2.05) is 6.92 Å². The summed E-state index contributed by atoms with van der Waals surface area (Å²) in [5.41, 5.74) is 0. The van der Waals surface area contributed by atoms with Crippen molar-refractivity contribution in [1.29, 1.82) is 0 Å². The minimum absolute atomic E-state index is 0.0518. The van der Waals surface area contributed by atoms with Crippen molar-refractivity contribution in [2.75, 3.05) is 26.4 Å². The van der Waals surface area contributed by atoms with Gasteiger partial charge in [-0.2, -0.15) is 0 Å². The fourth-order valence-corrected chi connectivity index (χ4v) is 1.58. The van der Waals surface area contributed by atoms with Gasteiger partial charge in [0.2, 0.25) is 0 Å². The monoisotopic (exact) mass is 290 g/mol. The van der Waals surface area contributed by atoms with Crippen LogP contribution in [0.1, 0.15) is 40.0 Å². The molecule has 0 aromatic heterocycles. The number of aliphatic hydroxyl groups is 1. The van der Waals surface area contributed by atoms with Crippen molar-refractivity contribution in [2.45, 2.75) is 46.1 Å². The van der Waals surface area contributed by atoms with Crippen molar-refractivity contribution in [1.82, 2.24) is 0 Å². The maximum atomic E-state index is 11.7. The molecule has 0 aromatic carbocycles. The van der Waals surface area contributed by atoms with Crippen LogP contribution >= 0.6 is 0 Å². The summed E-state index contributed by atoms with van der Waals surface area (Å²) in [7, 11) is 0. The highest BCUT2D eigenvalue weighted by atomic mass is 16.6. The van der Waals surface area contributed by atoms with Crippen molar-refractivity contribution in [3.05, 3.63) is 0 Å². The molecule has 0 saturated carbocycles. The number of hydrogen-bond donors (Lipinski definition) is 1. The minimum Gasteiger partial charge on any atom is -0.465 e. The maximum Gasteiger partial charge on any atom is 0.320 e. The van der Waals surface area contributed by atoms with Crippen molar-refractivity contribution < 1.29 is 28.9 Å². The van der Waals surface area contributed by atoms with Crippen LogP contribution in [0, 0.1) is 5.92 Å². The highest BCUT2D eigenvalue weighted by molar-refractivity contribution is 5.94. The average molecular weight is 290 g/mol. The molecule has 0 radical (unpaired) electrons. The van der Waals surface area contributed by atoms with E-state index in [9.17, 15) is 14.7 Å². The predicted octanol–water partition coefficient (Wildman–Crippen LogP) is 1.30. The van der Waals surface area contributed by atoms with E-state index >= 15 is 0 Å². The molecule has 0 aliphatic carbocycles. The summed E-state index contributed by atoms with van der Waals surface area (Å²) in [6, 6.07) is 0. The Kier molecular flexibility index (Phi) is 11.0. The lowest BCUT2D eigenvalue weighted by Gasteiger charge is -2.17. The van der Waals surface area contributed by atoms with Gasteiger partial charge < -0.3 is 19.3 Å². The molecule has 0 spiro atoms. The first-order valence-electron chi connectivity index (χ1n) is 7.15. The molecule has 0 saturated heterocycles. The van der Waals surface area contributed by atoms with Gasteiger partial charge in [0.1, 0.15) is 0 Å². The Bertz CT molecular complexity index is 261. The van der Waals surface area contributed by atoms with Crippen molar-refractivity contribution in [3.8, 4) is 0 Å². The van der Waals surface area contributed by atoms with Gasteiger partial charge in [0.15, 0.2) is 5.92 Å². The van der Waals surface area contributed by atoms with E-state index < -0.39 is 24.0 Å². The minimum atomic E-state index is -1.10. The number of hydrogen-bond acceptors (Lipinski definition) is 6. The van der Waals surface area contributed by atoms with Crippen LogP contribution in [0.5, 0.6) is 0 Å². The van der Waals surface area contributed by atoms with E-state index in [2.05, 4.69) is 0 Å². The Morgan fingerprint density at radius 3 is 2.05 bits per heavy atom. The highest BCUT2D eigenvalue weighted by Gasteiger charge is 2.31. The predicted molar refractivity (Wildman–Crippen MR) is 73.1 cm³/mol. The lowest BCUT2D eigenvalue weighted by molar-refractivity contribution is -0.163. The highest BCUT2D eigenvalue weighted by Crippen LogP contribution is 2.12. The molecule has 0 amide bonds. The van der Waals surface area contributed by atoms with Crippen LogP contribution in [0.4, 0.5) is 0 Å². The van der Waals surface area contributed by atoms with Crippen LogP contribution in [-0.2, 0) is 23.8 Å². The summed E-state index contributed by atoms with van der Waals surface area (Å²) >= 11 is 0. The van der Waals surface area contributed by atoms with Crippen LogP contribution in [0.3, 0.4) is 0 Å². The molecule has 1 atom stereocenters. The molecule has 20 heavy (non-hydrogen) atoms. The van der Waals surface area contributed by atoms with Crippen LogP contribution in [0.2, 0.25) is 0 Å². The number of esters is 2. The number of ether oxygens (including phenoxy) is 3. The van der Waals surface area contributed by atoms with E-state index in [4.69, 9.17) is 14.2 Å². The fourth-order valence-electron chi connectivity index (χ4n) is 1.58. The number of aliphatic hydroxyl groups excluding tert-OH is 1. The summed E-state index contributed by atoms with van der Waals surface area (Å²) in [5, 5.41) is 9.81. The zero-order valence-electron chi connectivity index (χ0n) is 12.6. The van der Waals surface area contributed by atoms with Crippen molar-refractivity contribution >= 4 is 11.9 Å². The quantitative estimate of drug-likeness (QED) is 0.351. The first kappa shape index (κ1) is 18.9. The molecule has 1 unspecified atom stereocenters. The van der Waals surface area contributed by atoms with Gasteiger partial charge in [0.25, 0.3) is 0 Å². The van der Waals surface area contributed by atoms with Gasteiger partial charge in [-0.05, 0) is 26.7 Å². The summed E-state index contributed by atoms with van der Waals surface area (Å²) < 4.78 is 14.9. The molecule has 0 aromatic rings. The summed E-state index contributed by atoms with van der Waals surface area (Å²) in [6.45, 7) is 6.36. The van der Waals surface area contributed by atoms with Crippen LogP contribution in [0.25, 0.3) is 0 Å². The van der Waals surface area contributed by atoms with Gasteiger partial charge in [-0.15, -0.1) is 0 Å². The summed E-state index contributed by atoms with van der Waals surface area (Å²) in [5.74, 6) is -2.43. The third kappa shape index (κ3) is 8.12. The van der Waals surface area contributed by atoms with E-state index in [1.54, 1.807) is 13.8 Å². The molecule has 1 N–H and O–H groups in total. The zero-order chi connectivity index (χ0) is 15.4. The SMILES string of the molecule is CCCCOCC(O)CC(C(=O)OCC)C(=O)OCC. The van der Waals surface area contributed by atoms with Gasteiger partial charge >= 0.3 is 11.9 Å². The number of carbonyl (C=O) groups excluding carboxylic acids is 2. The number of carbonyl (C=O) groups is 2. The third-order valence-electron chi connectivity index (χ3n) is 2.60. The third-order valence-corrected chi connectivity index (χ3v) is 2.60. The first-order chi connectivity index (χ1) is 9.56. The molecule has 6 nitrogen and oxygen atoms in total. The van der Waals surface area contributed by atoms with Gasteiger partial charge in [-0.3, -0.25) is 9.59 Å². The van der Waals surface area contributed by atoms with Gasteiger partial charge in [-0.1, -0.05) is 13.3 Å². The van der Waals surface area contributed by atoms with E-state index in [1.165, 1.54) is 0 Å². The van der Waals surface area contributed by atoms with Gasteiger partial charge in [0, 0.05) is 6.61 Å². The van der Waals surface area contributed by atoms with Crippen molar-refractivity contribution in [3.63, 3.8) is 0 Å². The zero-order valence-corrected chi connectivity index (χ0v) is 12.6. The molecule has 0 aliphatic heterocycles. The Labute approximate surface area is 120 Å². The number of unbranched alkanes of at least 4 members (excludes halogenated alkanes) is 1. The Balaban J connectivity index is 4.32. The van der Waals surface area contributed by atoms with E-state index in [0.29, 0.717) is 6.61 Å². The Hall–Kier alpha value is -1.14. The lowest BCUT2D eigenvalue weighted by Crippen LogP contribution is -2.33. The van der Waals surface area contributed by atoms with Crippen LogP contribution in [0.15, 0.2) is 0 Å². The molecule has 0 rings (SSSR count). The van der Waals surface area contributed by atoms with Crippen LogP contribution in [-0.4, -0.2) is 49.6 Å². The largest absolute Gasteiger partial charge is 0.465 e. The first-order valence-corrected chi connectivity index (χ1v) is 7.15. The Morgan fingerprint density at radius 1 is 1.05 bits per heavy atom. The second kappa shape index (κ2) is 11.7. The average Bonchev–Trinajstić information content (AvgIpc) is 2.41. The number of rotatable bonds is 11. The lowest BCUT2D eigenvalue weighted by atomic mass is 10.0. The summed E-state index contributed by atoms with van der Waals surface area (Å²) in [4.78, 5) is 23.4. The molecular formula is C14H26O6. The van der Waals surface area contributed by atoms with E-state index in [-0.39, 0.29) is 26.2 Å². The molecule has 6 heteroatoms. The van der Waals surface area contributed by atoms with Crippen LogP contribution < -0.4 is 0 Å². The molecule has 0 bridgehead atoms. The maximum absolute atomic E-state index is 11.7. The van der Waals surface area contributed by atoms with Gasteiger partial charge in [0.05, 0.1) is 25.9 Å². The second-order valence-corrected chi connectivity index (χ2v) is 4.37. The molecule has 118 valence electrons. The van der Waals surface area contributed by atoms with Gasteiger partial charge in [-0.25, -0.2) is 0 Å².